The van der Waals surface area contributed by atoms with Crippen molar-refractivity contribution < 1.29 is 14.1 Å². The van der Waals surface area contributed by atoms with Gasteiger partial charge in [-0.3, -0.25) is 4.79 Å². The number of amides is 1. The van der Waals surface area contributed by atoms with Crippen molar-refractivity contribution in [3.63, 3.8) is 0 Å². The molecule has 21 heavy (non-hydrogen) atoms. The molecular formula is C15H19N3O3. The molecule has 0 spiro atoms. The van der Waals surface area contributed by atoms with Crippen LogP contribution in [0.25, 0.3) is 0 Å². The molecule has 112 valence electrons. The van der Waals surface area contributed by atoms with Crippen molar-refractivity contribution in [1.29, 1.82) is 0 Å². The fraction of sp³-hybridized carbons (Fsp3) is 0.333. The van der Waals surface area contributed by atoms with Crippen molar-refractivity contribution in [2.24, 2.45) is 0 Å². The zero-order valence-corrected chi connectivity index (χ0v) is 12.2. The highest BCUT2D eigenvalue weighted by atomic mass is 16.5. The highest BCUT2D eigenvalue weighted by molar-refractivity contribution is 6.03. The number of nitrogens with one attached hydrogen (secondary N) is 2. The molecule has 1 amide bonds. The largest absolute Gasteiger partial charge is 0.377 e. The first-order chi connectivity index (χ1) is 10.2. The predicted molar refractivity (Wildman–Crippen MR) is 79.0 cm³/mol. The Bertz CT molecular complexity index is 595. The van der Waals surface area contributed by atoms with E-state index in [0.29, 0.717) is 12.3 Å². The van der Waals surface area contributed by atoms with Gasteiger partial charge in [0.1, 0.15) is 6.61 Å². The Balaban J connectivity index is 2.07. The van der Waals surface area contributed by atoms with E-state index in [9.17, 15) is 4.79 Å². The van der Waals surface area contributed by atoms with Crippen LogP contribution in [0.15, 0.2) is 34.9 Å². The number of carbonyl (C=O) groups excluding carboxylic acids is 1. The standard InChI is InChI=1S/C15H19N3O3/c1-3-16-9-11-6-4-5-7-13(11)17-15(19)14-8-12(10-20-2)21-18-14/h4-8,16H,3,9-10H2,1-2H3,(H,17,19). The summed E-state index contributed by atoms with van der Waals surface area (Å²) in [6.45, 7) is 3.89. The Kier molecular flexibility index (Phi) is 5.48. The molecule has 1 aromatic carbocycles. The SMILES string of the molecule is CCNCc1ccccc1NC(=O)c1cc(COC)on1. The average molecular weight is 289 g/mol. The van der Waals surface area contributed by atoms with E-state index >= 15 is 0 Å². The minimum atomic E-state index is -0.301. The van der Waals surface area contributed by atoms with E-state index in [4.69, 9.17) is 9.26 Å². The first-order valence-electron chi connectivity index (χ1n) is 6.79. The number of benzene rings is 1. The van der Waals surface area contributed by atoms with Crippen LogP contribution in [0.4, 0.5) is 5.69 Å². The van der Waals surface area contributed by atoms with E-state index in [2.05, 4.69) is 15.8 Å². The van der Waals surface area contributed by atoms with Gasteiger partial charge in [0, 0.05) is 25.4 Å². The number of carbonyl (C=O) groups is 1. The molecule has 2 N–H and O–H groups in total. The maximum absolute atomic E-state index is 12.2. The van der Waals surface area contributed by atoms with Gasteiger partial charge in [-0.25, -0.2) is 0 Å². The number of ether oxygens (including phenoxy) is 1. The Hall–Kier alpha value is -2.18. The normalized spacial score (nSPS) is 10.6. The lowest BCUT2D eigenvalue weighted by molar-refractivity contribution is 0.101. The van der Waals surface area contributed by atoms with Gasteiger partial charge in [-0.15, -0.1) is 0 Å². The minimum Gasteiger partial charge on any atom is -0.377 e. The van der Waals surface area contributed by atoms with Crippen LogP contribution >= 0.6 is 0 Å². The first kappa shape index (κ1) is 15.2. The summed E-state index contributed by atoms with van der Waals surface area (Å²) < 4.78 is 9.94. The van der Waals surface area contributed by atoms with Gasteiger partial charge in [0.25, 0.3) is 5.91 Å². The van der Waals surface area contributed by atoms with Crippen molar-refractivity contribution in [2.45, 2.75) is 20.1 Å². The minimum absolute atomic E-state index is 0.236. The highest BCUT2D eigenvalue weighted by Crippen LogP contribution is 2.16. The molecular weight excluding hydrogens is 270 g/mol. The monoisotopic (exact) mass is 289 g/mol. The summed E-state index contributed by atoms with van der Waals surface area (Å²) in [5.41, 5.74) is 2.02. The number of rotatable bonds is 7. The van der Waals surface area contributed by atoms with E-state index in [1.807, 2.05) is 31.2 Å². The number of nitrogens with zero attached hydrogens (tertiary/aromatic N) is 1. The summed E-state index contributed by atoms with van der Waals surface area (Å²) >= 11 is 0. The maximum Gasteiger partial charge on any atom is 0.277 e. The lowest BCUT2D eigenvalue weighted by Gasteiger charge is -2.10. The van der Waals surface area contributed by atoms with Gasteiger partial charge >= 0.3 is 0 Å². The molecule has 0 aliphatic carbocycles. The Morgan fingerprint density at radius 3 is 2.95 bits per heavy atom. The smallest absolute Gasteiger partial charge is 0.277 e. The molecule has 2 rings (SSSR count). The van der Waals surface area contributed by atoms with E-state index in [1.165, 1.54) is 0 Å². The van der Waals surface area contributed by atoms with Crippen molar-refractivity contribution in [3.05, 3.63) is 47.3 Å². The number of hydrogen-bond acceptors (Lipinski definition) is 5. The Morgan fingerprint density at radius 1 is 1.38 bits per heavy atom. The summed E-state index contributed by atoms with van der Waals surface area (Å²) in [4.78, 5) is 12.2. The summed E-state index contributed by atoms with van der Waals surface area (Å²) in [5.74, 6) is 0.216. The van der Waals surface area contributed by atoms with Crippen LogP contribution < -0.4 is 10.6 Å². The van der Waals surface area contributed by atoms with Gasteiger partial charge < -0.3 is 19.9 Å². The van der Waals surface area contributed by atoms with Crippen LogP contribution in [-0.4, -0.2) is 24.7 Å². The number of aromatic nitrogens is 1. The van der Waals surface area contributed by atoms with E-state index in [1.54, 1.807) is 13.2 Å². The van der Waals surface area contributed by atoms with Crippen molar-refractivity contribution >= 4 is 11.6 Å². The quantitative estimate of drug-likeness (QED) is 0.817. The first-order valence-corrected chi connectivity index (χ1v) is 6.79. The van der Waals surface area contributed by atoms with Gasteiger partial charge in [0.05, 0.1) is 0 Å². The molecule has 1 aromatic heterocycles. The zero-order valence-electron chi connectivity index (χ0n) is 12.2. The second-order valence-corrected chi connectivity index (χ2v) is 4.50. The molecule has 0 saturated carbocycles. The average Bonchev–Trinajstić information content (AvgIpc) is 2.95. The third-order valence-electron chi connectivity index (χ3n) is 2.91. The maximum atomic E-state index is 12.2. The molecule has 0 aliphatic rings. The molecule has 6 nitrogen and oxygen atoms in total. The van der Waals surface area contributed by atoms with Gasteiger partial charge in [-0.2, -0.15) is 0 Å². The van der Waals surface area contributed by atoms with E-state index in [-0.39, 0.29) is 18.2 Å². The van der Waals surface area contributed by atoms with Crippen molar-refractivity contribution in [1.82, 2.24) is 10.5 Å². The summed E-state index contributed by atoms with van der Waals surface area (Å²) in [7, 11) is 1.55. The number of anilines is 1. The fourth-order valence-corrected chi connectivity index (χ4v) is 1.87. The zero-order chi connectivity index (χ0) is 15.1. The van der Waals surface area contributed by atoms with Crippen LogP contribution in [0.5, 0.6) is 0 Å². The highest BCUT2D eigenvalue weighted by Gasteiger charge is 2.14. The summed E-state index contributed by atoms with van der Waals surface area (Å²) in [5, 5.41) is 9.83. The predicted octanol–water partition coefficient (Wildman–Crippen LogP) is 2.18. The third kappa shape index (κ3) is 4.14. The molecule has 2 aromatic rings. The van der Waals surface area contributed by atoms with Crippen LogP contribution in [0.3, 0.4) is 0 Å². The van der Waals surface area contributed by atoms with Crippen LogP contribution in [0, 0.1) is 0 Å². The molecule has 0 unspecified atom stereocenters. The second kappa shape index (κ2) is 7.56. The van der Waals surface area contributed by atoms with Gasteiger partial charge in [0.2, 0.25) is 0 Å². The van der Waals surface area contributed by atoms with E-state index < -0.39 is 0 Å². The van der Waals surface area contributed by atoms with E-state index in [0.717, 1.165) is 17.8 Å². The molecule has 0 bridgehead atoms. The van der Waals surface area contributed by atoms with Gasteiger partial charge in [0.15, 0.2) is 11.5 Å². The van der Waals surface area contributed by atoms with Crippen LogP contribution in [-0.2, 0) is 17.9 Å². The fourth-order valence-electron chi connectivity index (χ4n) is 1.87. The summed E-state index contributed by atoms with van der Waals surface area (Å²) in [6, 6.07) is 9.23. The molecule has 0 fully saturated rings. The molecule has 1 heterocycles. The molecule has 0 saturated heterocycles. The second-order valence-electron chi connectivity index (χ2n) is 4.50. The molecule has 6 heteroatoms. The Labute approximate surface area is 123 Å². The molecule has 0 atom stereocenters. The van der Waals surface area contributed by atoms with Gasteiger partial charge in [-0.1, -0.05) is 30.3 Å². The Morgan fingerprint density at radius 2 is 2.19 bits per heavy atom. The van der Waals surface area contributed by atoms with Crippen LogP contribution in [0.1, 0.15) is 28.7 Å². The van der Waals surface area contributed by atoms with Crippen molar-refractivity contribution in [3.8, 4) is 0 Å². The number of methoxy groups -OCH3 is 1. The molecule has 0 aliphatic heterocycles. The van der Waals surface area contributed by atoms with Crippen molar-refractivity contribution in [2.75, 3.05) is 19.0 Å². The lowest BCUT2D eigenvalue weighted by Crippen LogP contribution is -2.17. The number of hydrogen-bond donors (Lipinski definition) is 2. The topological polar surface area (TPSA) is 76.4 Å². The molecule has 0 radical (unpaired) electrons. The third-order valence-corrected chi connectivity index (χ3v) is 2.91. The lowest BCUT2D eigenvalue weighted by atomic mass is 10.1. The van der Waals surface area contributed by atoms with Gasteiger partial charge in [-0.05, 0) is 18.2 Å². The number of para-hydroxylation sites is 1. The summed E-state index contributed by atoms with van der Waals surface area (Å²) in [6.07, 6.45) is 0. The van der Waals surface area contributed by atoms with Crippen LogP contribution in [0.2, 0.25) is 0 Å².